The lowest BCUT2D eigenvalue weighted by Gasteiger charge is -2.12. The third kappa shape index (κ3) is 1.57. The molecule has 1 rings (SSSR count). The molecule has 1 heterocycles. The monoisotopic (exact) mass is 158 g/mol. The fourth-order valence-electron chi connectivity index (χ4n) is 1.79. The Hall–Kier alpha value is -0.0800. The predicted molar refractivity (Wildman–Crippen MR) is 44.4 cm³/mol. The van der Waals surface area contributed by atoms with E-state index in [2.05, 4.69) is 20.8 Å². The van der Waals surface area contributed by atoms with E-state index in [1.165, 1.54) is 0 Å². The van der Waals surface area contributed by atoms with E-state index in [1.54, 1.807) is 0 Å². The molecule has 1 saturated heterocycles. The summed E-state index contributed by atoms with van der Waals surface area (Å²) in [6, 6.07) is 0. The molecule has 4 unspecified atom stereocenters. The van der Waals surface area contributed by atoms with Gasteiger partial charge in [0.1, 0.15) is 0 Å². The van der Waals surface area contributed by atoms with Gasteiger partial charge >= 0.3 is 0 Å². The Morgan fingerprint density at radius 1 is 1.18 bits per heavy atom. The second kappa shape index (κ2) is 3.55. The van der Waals surface area contributed by atoms with Gasteiger partial charge in [0, 0.05) is 5.92 Å². The summed E-state index contributed by atoms with van der Waals surface area (Å²) in [6.45, 7) is 6.22. The fourth-order valence-corrected chi connectivity index (χ4v) is 1.79. The molecule has 1 aliphatic heterocycles. The summed E-state index contributed by atoms with van der Waals surface area (Å²) < 4.78 is 5.63. The normalized spacial score (nSPS) is 44.7. The molecule has 0 saturated carbocycles. The third-order valence-electron chi connectivity index (χ3n) is 2.66. The molecule has 0 aromatic heterocycles. The molecule has 0 amide bonds. The molecule has 11 heavy (non-hydrogen) atoms. The van der Waals surface area contributed by atoms with E-state index in [4.69, 9.17) is 4.74 Å². The standard InChI is InChI=1S/C9H18O2/c1-4-7-6(3)9(10)8(5-2)11-7/h6-10H,4-5H2,1-3H3. The third-order valence-corrected chi connectivity index (χ3v) is 2.66. The van der Waals surface area contributed by atoms with Crippen molar-refractivity contribution in [1.29, 1.82) is 0 Å². The molecular weight excluding hydrogens is 140 g/mol. The molecule has 0 aromatic carbocycles. The highest BCUT2D eigenvalue weighted by Gasteiger charge is 2.38. The molecule has 66 valence electrons. The molecule has 0 aliphatic carbocycles. The first kappa shape index (κ1) is 9.01. The van der Waals surface area contributed by atoms with E-state index < -0.39 is 0 Å². The summed E-state index contributed by atoms with van der Waals surface area (Å²) in [5, 5.41) is 9.63. The van der Waals surface area contributed by atoms with Crippen LogP contribution in [0.2, 0.25) is 0 Å². The van der Waals surface area contributed by atoms with Crippen LogP contribution in [-0.4, -0.2) is 23.4 Å². The lowest BCUT2D eigenvalue weighted by Crippen LogP contribution is -2.24. The van der Waals surface area contributed by atoms with Crippen molar-refractivity contribution in [3.05, 3.63) is 0 Å². The Bertz CT molecular complexity index is 107. The van der Waals surface area contributed by atoms with Gasteiger partial charge in [0.05, 0.1) is 18.3 Å². The molecular formula is C9H18O2. The fraction of sp³-hybridized carbons (Fsp3) is 1.00. The van der Waals surface area contributed by atoms with Crippen LogP contribution in [0.4, 0.5) is 0 Å². The van der Waals surface area contributed by atoms with E-state index in [-0.39, 0.29) is 18.3 Å². The minimum absolute atomic E-state index is 0.0787. The second-order valence-electron chi connectivity index (χ2n) is 3.38. The SMILES string of the molecule is CCC1OC(CC)C(O)C1C. The minimum Gasteiger partial charge on any atom is -0.390 e. The molecule has 0 aromatic rings. The number of hydrogen-bond donors (Lipinski definition) is 1. The maximum absolute atomic E-state index is 9.63. The topological polar surface area (TPSA) is 29.5 Å². The van der Waals surface area contributed by atoms with E-state index in [9.17, 15) is 5.11 Å². The van der Waals surface area contributed by atoms with Gasteiger partial charge in [-0.1, -0.05) is 20.8 Å². The maximum atomic E-state index is 9.63. The van der Waals surface area contributed by atoms with Crippen molar-refractivity contribution in [2.24, 2.45) is 5.92 Å². The first-order chi connectivity index (χ1) is 5.20. The Labute approximate surface area is 68.6 Å². The first-order valence-electron chi connectivity index (χ1n) is 4.54. The highest BCUT2D eigenvalue weighted by molar-refractivity contribution is 4.86. The van der Waals surface area contributed by atoms with Gasteiger partial charge in [0.15, 0.2) is 0 Å². The van der Waals surface area contributed by atoms with Gasteiger partial charge in [-0.25, -0.2) is 0 Å². The highest BCUT2D eigenvalue weighted by atomic mass is 16.5. The summed E-state index contributed by atoms with van der Waals surface area (Å²) in [5.41, 5.74) is 0. The smallest absolute Gasteiger partial charge is 0.0852 e. The first-order valence-corrected chi connectivity index (χ1v) is 4.54. The summed E-state index contributed by atoms with van der Waals surface area (Å²) in [7, 11) is 0. The zero-order chi connectivity index (χ0) is 8.43. The summed E-state index contributed by atoms with van der Waals surface area (Å²) >= 11 is 0. The van der Waals surface area contributed by atoms with Crippen LogP contribution in [0.1, 0.15) is 33.6 Å². The molecule has 4 atom stereocenters. The average molecular weight is 158 g/mol. The van der Waals surface area contributed by atoms with Gasteiger partial charge in [0.25, 0.3) is 0 Å². The largest absolute Gasteiger partial charge is 0.390 e. The van der Waals surface area contributed by atoms with E-state index in [0.717, 1.165) is 12.8 Å². The average Bonchev–Trinajstić information content (AvgIpc) is 2.30. The quantitative estimate of drug-likeness (QED) is 0.661. The molecule has 2 heteroatoms. The van der Waals surface area contributed by atoms with Crippen molar-refractivity contribution < 1.29 is 9.84 Å². The zero-order valence-corrected chi connectivity index (χ0v) is 7.58. The van der Waals surface area contributed by atoms with Crippen LogP contribution in [0, 0.1) is 5.92 Å². The van der Waals surface area contributed by atoms with Crippen molar-refractivity contribution in [1.82, 2.24) is 0 Å². The van der Waals surface area contributed by atoms with Crippen LogP contribution in [0.15, 0.2) is 0 Å². The lowest BCUT2D eigenvalue weighted by molar-refractivity contribution is 0.00734. The van der Waals surface area contributed by atoms with Crippen LogP contribution < -0.4 is 0 Å². The Morgan fingerprint density at radius 3 is 2.00 bits per heavy atom. The number of hydrogen-bond acceptors (Lipinski definition) is 2. The molecule has 1 aliphatic rings. The predicted octanol–water partition coefficient (Wildman–Crippen LogP) is 1.57. The van der Waals surface area contributed by atoms with E-state index in [1.807, 2.05) is 0 Å². The van der Waals surface area contributed by atoms with Gasteiger partial charge in [-0.05, 0) is 12.8 Å². The second-order valence-corrected chi connectivity index (χ2v) is 3.38. The van der Waals surface area contributed by atoms with Crippen LogP contribution >= 0.6 is 0 Å². The molecule has 1 fully saturated rings. The van der Waals surface area contributed by atoms with Crippen molar-refractivity contribution in [3.8, 4) is 0 Å². The van der Waals surface area contributed by atoms with Crippen LogP contribution in [0.25, 0.3) is 0 Å². The minimum atomic E-state index is -0.245. The van der Waals surface area contributed by atoms with Gasteiger partial charge in [-0.2, -0.15) is 0 Å². The lowest BCUT2D eigenvalue weighted by atomic mass is 9.96. The van der Waals surface area contributed by atoms with E-state index >= 15 is 0 Å². The molecule has 2 nitrogen and oxygen atoms in total. The van der Waals surface area contributed by atoms with Gasteiger partial charge in [-0.15, -0.1) is 0 Å². The van der Waals surface area contributed by atoms with Gasteiger partial charge in [-0.3, -0.25) is 0 Å². The Morgan fingerprint density at radius 2 is 1.73 bits per heavy atom. The highest BCUT2D eigenvalue weighted by Crippen LogP contribution is 2.29. The zero-order valence-electron chi connectivity index (χ0n) is 7.58. The Kier molecular flexibility index (Phi) is 2.90. The van der Waals surface area contributed by atoms with E-state index in [0.29, 0.717) is 5.92 Å². The summed E-state index contributed by atoms with van der Waals surface area (Å²) in [4.78, 5) is 0. The van der Waals surface area contributed by atoms with Gasteiger partial charge < -0.3 is 9.84 Å². The summed E-state index contributed by atoms with van der Waals surface area (Å²) in [6.07, 6.45) is 2.03. The number of aliphatic hydroxyl groups is 1. The number of rotatable bonds is 2. The Balaban J connectivity index is 2.53. The van der Waals surface area contributed by atoms with Crippen molar-refractivity contribution in [2.75, 3.05) is 0 Å². The summed E-state index contributed by atoms with van der Waals surface area (Å²) in [5.74, 6) is 0.310. The van der Waals surface area contributed by atoms with Crippen LogP contribution in [-0.2, 0) is 4.74 Å². The number of aliphatic hydroxyl groups excluding tert-OH is 1. The molecule has 0 spiro atoms. The maximum Gasteiger partial charge on any atom is 0.0852 e. The molecule has 1 N–H and O–H groups in total. The van der Waals surface area contributed by atoms with Crippen LogP contribution in [0.3, 0.4) is 0 Å². The van der Waals surface area contributed by atoms with Crippen LogP contribution in [0.5, 0.6) is 0 Å². The van der Waals surface area contributed by atoms with Crippen molar-refractivity contribution in [2.45, 2.75) is 51.9 Å². The molecule has 0 bridgehead atoms. The number of ether oxygens (including phenoxy) is 1. The van der Waals surface area contributed by atoms with Crippen molar-refractivity contribution in [3.63, 3.8) is 0 Å². The van der Waals surface area contributed by atoms with Gasteiger partial charge in [0.2, 0.25) is 0 Å². The van der Waals surface area contributed by atoms with Crippen molar-refractivity contribution >= 4 is 0 Å². The molecule has 0 radical (unpaired) electrons.